The highest BCUT2D eigenvalue weighted by atomic mass is 16.2. The van der Waals surface area contributed by atoms with Crippen LogP contribution in [0.1, 0.15) is 212 Å². The smallest absolute Gasteiger partial charge is 0.261 e. The first-order valence-corrected chi connectivity index (χ1v) is 31.8. The van der Waals surface area contributed by atoms with E-state index in [9.17, 15) is 38.4 Å². The summed E-state index contributed by atoms with van der Waals surface area (Å²) >= 11 is 0. The summed E-state index contributed by atoms with van der Waals surface area (Å²) in [7, 11) is 0. The van der Waals surface area contributed by atoms with Gasteiger partial charge in [0.25, 0.3) is 47.3 Å². The monoisotopic (exact) mass is 1180 g/mol. The van der Waals surface area contributed by atoms with Crippen molar-refractivity contribution in [3.63, 3.8) is 0 Å². The Morgan fingerprint density at radius 2 is 0.467 bits per heavy atom. The summed E-state index contributed by atoms with van der Waals surface area (Å²) in [4.78, 5) is 122. The van der Waals surface area contributed by atoms with E-state index in [0.29, 0.717) is 161 Å². The third-order valence-corrected chi connectivity index (χ3v) is 20.4. The van der Waals surface area contributed by atoms with Gasteiger partial charge in [-0.05, 0) is 167 Å². The summed E-state index contributed by atoms with van der Waals surface area (Å²) in [5.41, 5.74) is 5.76. The summed E-state index contributed by atoms with van der Waals surface area (Å²) < 4.78 is 0. The second-order valence-electron chi connectivity index (χ2n) is 24.5. The number of hydrogen-bond acceptors (Lipinski definition) is 8. The van der Waals surface area contributed by atoms with Gasteiger partial charge < -0.3 is 0 Å². The topological polar surface area (TPSA) is 150 Å². The van der Waals surface area contributed by atoms with Crippen LogP contribution < -0.4 is 0 Å². The third-order valence-electron chi connectivity index (χ3n) is 20.4. The molecule has 442 valence electrons. The largest absolute Gasteiger partial charge is 0.271 e. The van der Waals surface area contributed by atoms with E-state index >= 15 is 0 Å². The van der Waals surface area contributed by atoms with E-state index < -0.39 is 0 Å². The van der Waals surface area contributed by atoms with Gasteiger partial charge in [-0.1, -0.05) is 115 Å². The molecule has 12 nitrogen and oxygen atoms in total. The van der Waals surface area contributed by atoms with Crippen LogP contribution in [0.25, 0.3) is 86.2 Å². The fourth-order valence-electron chi connectivity index (χ4n) is 15.9. The van der Waals surface area contributed by atoms with Crippen molar-refractivity contribution < 1.29 is 38.4 Å². The van der Waals surface area contributed by atoms with Crippen molar-refractivity contribution in [1.82, 2.24) is 19.6 Å². The molecule has 4 aliphatic heterocycles. The van der Waals surface area contributed by atoms with Gasteiger partial charge in [-0.25, -0.2) is 0 Å². The van der Waals surface area contributed by atoms with Crippen LogP contribution in [0.2, 0.25) is 0 Å². The number of hydrogen-bond donors (Lipinski definition) is 0. The molecule has 0 radical (unpaired) electrons. The van der Waals surface area contributed by atoms with E-state index in [0.717, 1.165) is 43.1 Å². The molecule has 15 rings (SSSR count). The zero-order chi connectivity index (χ0) is 62.6. The van der Waals surface area contributed by atoms with Crippen molar-refractivity contribution in [2.24, 2.45) is 0 Å². The Morgan fingerprint density at radius 3 is 0.722 bits per heavy atom. The molecule has 11 aromatic rings. The first kappa shape index (κ1) is 56.2. The van der Waals surface area contributed by atoms with Crippen LogP contribution in [-0.4, -0.2) is 91.0 Å². The molecule has 4 aliphatic rings. The van der Waals surface area contributed by atoms with Crippen molar-refractivity contribution >= 4 is 133 Å². The molecule has 90 heavy (non-hydrogen) atoms. The third kappa shape index (κ3) is 7.45. The van der Waals surface area contributed by atoms with Crippen LogP contribution in [0.5, 0.6) is 0 Å². The van der Waals surface area contributed by atoms with Crippen molar-refractivity contribution in [3.05, 3.63) is 176 Å². The fourth-order valence-corrected chi connectivity index (χ4v) is 15.9. The highest BCUT2D eigenvalue weighted by molar-refractivity contribution is 6.44. The summed E-state index contributed by atoms with van der Waals surface area (Å²) in [6, 6.07) is 32.3. The number of nitrogens with zero attached hydrogens (tertiary/aromatic N) is 4. The number of amides is 8. The minimum atomic E-state index is -0.383. The summed E-state index contributed by atoms with van der Waals surface area (Å²) in [5, 5.41) is 11.2. The zero-order valence-corrected chi connectivity index (χ0v) is 51.4. The molecule has 0 saturated carbocycles. The molecule has 0 fully saturated rings. The standard InChI is InChI=1S/C78H62N4O8/c1-9-43(10-2)79-71(83)53-31-25-47-49-27-33-57-67-59(77(89)81(75(57)87)45(13-5)14-6)37-41(61(69(49)67)51-29-35-55(73(79)85)65(53)63(47)51)23-21-39-17-19-40(20-18-39)22-24-42-38-60-68-58(76(88)82(78(60)90)46(15-7)16-8)34-28-50-48-26-32-54-66-56(36-30-52(64(48)66)62(42)70(50)68)74(86)80(72(54)84)44(11-3)12-4/h17-20,25-38,43-46H,9-16H2,1-8H3. The number of rotatable bonds is 12. The lowest BCUT2D eigenvalue weighted by atomic mass is 9.80. The number of benzene rings is 11. The first-order valence-electron chi connectivity index (χ1n) is 31.8. The van der Waals surface area contributed by atoms with E-state index in [2.05, 4.69) is 23.7 Å². The van der Waals surface area contributed by atoms with Crippen molar-refractivity contribution in [1.29, 1.82) is 0 Å². The van der Waals surface area contributed by atoms with Gasteiger partial charge in [0.05, 0.1) is 0 Å². The molecule has 4 heterocycles. The highest BCUT2D eigenvalue weighted by Crippen LogP contribution is 2.51. The second-order valence-corrected chi connectivity index (χ2v) is 24.5. The van der Waals surface area contributed by atoms with E-state index in [1.807, 2.05) is 128 Å². The molecule has 0 saturated heterocycles. The van der Waals surface area contributed by atoms with Crippen LogP contribution in [0.15, 0.2) is 109 Å². The summed E-state index contributed by atoms with van der Waals surface area (Å²) in [6.07, 6.45) is 4.84. The molecular formula is C78H62N4O8. The Hall–Kier alpha value is -10.3. The van der Waals surface area contributed by atoms with Gasteiger partial charge in [0, 0.05) is 134 Å². The minimum absolute atomic E-state index is 0.265. The van der Waals surface area contributed by atoms with Crippen molar-refractivity contribution in [2.45, 2.75) is 131 Å². The van der Waals surface area contributed by atoms with Crippen LogP contribution >= 0.6 is 0 Å². The number of imide groups is 4. The predicted octanol–water partition coefficient (Wildman–Crippen LogP) is 15.7. The van der Waals surface area contributed by atoms with Gasteiger partial charge >= 0.3 is 0 Å². The molecule has 0 aromatic heterocycles. The number of carbonyl (C=O) groups is 8. The molecule has 11 aromatic carbocycles. The van der Waals surface area contributed by atoms with Gasteiger partial charge in [0.1, 0.15) is 0 Å². The molecule has 0 atom stereocenters. The molecule has 0 spiro atoms. The Bertz CT molecular complexity index is 4910. The minimum Gasteiger partial charge on any atom is -0.271 e. The van der Waals surface area contributed by atoms with E-state index in [1.165, 1.54) is 19.6 Å². The van der Waals surface area contributed by atoms with Crippen LogP contribution in [0.3, 0.4) is 0 Å². The molecule has 8 amide bonds. The number of fused-ring (bicyclic) bond motifs is 4. The second kappa shape index (κ2) is 20.6. The lowest BCUT2D eigenvalue weighted by molar-refractivity contribution is 0.0514. The maximum Gasteiger partial charge on any atom is 0.261 e. The molecule has 0 bridgehead atoms. The van der Waals surface area contributed by atoms with Crippen molar-refractivity contribution in [3.8, 4) is 23.7 Å². The fraction of sp³-hybridized carbons (Fsp3) is 0.256. The molecular weight excluding hydrogens is 1120 g/mol. The van der Waals surface area contributed by atoms with E-state index in [4.69, 9.17) is 0 Å². The maximum absolute atomic E-state index is 14.9. The summed E-state index contributed by atoms with van der Waals surface area (Å²) in [6.45, 7) is 15.8. The molecule has 12 heteroatoms. The lowest BCUT2D eigenvalue weighted by Crippen LogP contribution is -2.46. The average Bonchev–Trinajstić information content (AvgIpc) is 0.694. The zero-order valence-electron chi connectivity index (χ0n) is 51.4. The van der Waals surface area contributed by atoms with E-state index in [1.54, 1.807) is 36.4 Å². The maximum atomic E-state index is 14.9. The summed E-state index contributed by atoms with van der Waals surface area (Å²) in [5.74, 6) is 11.0. The van der Waals surface area contributed by atoms with Crippen LogP contribution in [-0.2, 0) is 0 Å². The molecule has 0 aliphatic carbocycles. The van der Waals surface area contributed by atoms with Gasteiger partial charge in [0.15, 0.2) is 0 Å². The Labute approximate surface area is 519 Å². The first-order chi connectivity index (χ1) is 43.7. The van der Waals surface area contributed by atoms with Gasteiger partial charge in [0.2, 0.25) is 0 Å². The van der Waals surface area contributed by atoms with Gasteiger partial charge in [-0.3, -0.25) is 58.0 Å². The Balaban J connectivity index is 0.903. The molecule has 0 N–H and O–H groups in total. The van der Waals surface area contributed by atoms with Crippen LogP contribution in [0, 0.1) is 23.7 Å². The predicted molar refractivity (Wildman–Crippen MR) is 353 cm³/mol. The normalized spacial score (nSPS) is 14.9. The number of carbonyl (C=O) groups excluding carboxylic acids is 8. The Morgan fingerprint density at radius 1 is 0.244 bits per heavy atom. The average molecular weight is 1180 g/mol. The van der Waals surface area contributed by atoms with Gasteiger partial charge in [-0.2, -0.15) is 0 Å². The van der Waals surface area contributed by atoms with Gasteiger partial charge in [-0.15, -0.1) is 0 Å². The quantitative estimate of drug-likeness (QED) is 0.0508. The van der Waals surface area contributed by atoms with Crippen LogP contribution in [0.4, 0.5) is 0 Å². The Kier molecular flexibility index (Phi) is 12.9. The van der Waals surface area contributed by atoms with Crippen molar-refractivity contribution in [2.75, 3.05) is 0 Å². The van der Waals surface area contributed by atoms with E-state index in [-0.39, 0.29) is 71.4 Å². The highest BCUT2D eigenvalue weighted by Gasteiger charge is 2.43. The lowest BCUT2D eigenvalue weighted by Gasteiger charge is -2.34. The molecule has 0 unspecified atom stereocenters. The SMILES string of the molecule is CCC(CC)N1C(=O)c2ccc3c4ccc5c6c(cc(C#Cc7ccc(C#Cc8cc9c%10c(ccc%11c%12ccc%13c%14c(ccc(c8c%10%11)c%14%12)C(=O)N(C(CC)CC)C%13=O)C(=O)N(C(CC)CC)C9=O)cc7)c(c7ccc(c2c37)C1=O)c64)C(=O)N(C(CC)CC)C5=O.